The van der Waals surface area contributed by atoms with Crippen molar-refractivity contribution in [3.05, 3.63) is 100 Å². The van der Waals surface area contributed by atoms with Crippen molar-refractivity contribution in [2.45, 2.75) is 6.92 Å². The Kier molecular flexibility index (Phi) is 9.21. The number of thioether (sulfide) groups is 1. The molecule has 0 aromatic heterocycles. The van der Waals surface area contributed by atoms with Crippen LogP contribution in [-0.4, -0.2) is 78.1 Å². The van der Waals surface area contributed by atoms with E-state index in [1.54, 1.807) is 29.2 Å². The zero-order valence-corrected chi connectivity index (χ0v) is 24.3. The van der Waals surface area contributed by atoms with Gasteiger partial charge in [0.05, 0.1) is 10.5 Å². The first-order chi connectivity index (χ1) is 20.8. The molecule has 10 nitrogen and oxygen atoms in total. The van der Waals surface area contributed by atoms with E-state index in [0.29, 0.717) is 37.4 Å². The van der Waals surface area contributed by atoms with Gasteiger partial charge in [-0.2, -0.15) is 0 Å². The fourth-order valence-corrected chi connectivity index (χ4v) is 5.48. The minimum Gasteiger partial charge on any atom is -0.452 e. The second-order valence-corrected chi connectivity index (χ2v) is 11.1. The van der Waals surface area contributed by atoms with Gasteiger partial charge in [0.15, 0.2) is 6.61 Å². The van der Waals surface area contributed by atoms with Crippen LogP contribution in [-0.2, 0) is 19.1 Å². The van der Waals surface area contributed by atoms with Crippen LogP contribution in [0.3, 0.4) is 0 Å². The molecule has 0 bridgehead atoms. The van der Waals surface area contributed by atoms with E-state index in [1.165, 1.54) is 18.2 Å². The van der Waals surface area contributed by atoms with E-state index < -0.39 is 29.6 Å². The summed E-state index contributed by atoms with van der Waals surface area (Å²) in [6.07, 6.45) is 1.54. The van der Waals surface area contributed by atoms with Gasteiger partial charge in [0.1, 0.15) is 6.54 Å². The molecule has 0 saturated carbocycles. The van der Waals surface area contributed by atoms with E-state index in [-0.39, 0.29) is 22.9 Å². The monoisotopic (exact) mass is 598 g/mol. The summed E-state index contributed by atoms with van der Waals surface area (Å²) in [5.41, 5.74) is 3.57. The van der Waals surface area contributed by atoms with Crippen molar-refractivity contribution in [3.8, 4) is 0 Å². The smallest absolute Gasteiger partial charge is 0.338 e. The fourth-order valence-electron chi connectivity index (χ4n) is 4.64. The lowest BCUT2D eigenvalue weighted by Crippen LogP contribution is -2.51. The number of carbonyl (C=O) groups excluding carboxylic acids is 5. The number of ether oxygens (including phenoxy) is 1. The van der Waals surface area contributed by atoms with E-state index >= 15 is 0 Å². The lowest BCUT2D eigenvalue weighted by molar-refractivity contribution is -0.136. The van der Waals surface area contributed by atoms with Gasteiger partial charge in [-0.05, 0) is 66.7 Å². The van der Waals surface area contributed by atoms with E-state index in [2.05, 4.69) is 10.2 Å². The number of aryl methyl sites for hydroxylation is 1. The number of amides is 4. The molecular weight excluding hydrogens is 568 g/mol. The Morgan fingerprint density at radius 2 is 1.56 bits per heavy atom. The molecule has 43 heavy (non-hydrogen) atoms. The first-order valence-electron chi connectivity index (χ1n) is 13.7. The number of hydrogen-bond acceptors (Lipinski definition) is 8. The zero-order valence-electron chi connectivity index (χ0n) is 23.5. The van der Waals surface area contributed by atoms with E-state index in [4.69, 9.17) is 4.74 Å². The van der Waals surface area contributed by atoms with E-state index in [0.717, 1.165) is 27.9 Å². The third-order valence-electron chi connectivity index (χ3n) is 7.03. The van der Waals surface area contributed by atoms with Crippen LogP contribution in [0.1, 0.15) is 21.5 Å². The van der Waals surface area contributed by atoms with Gasteiger partial charge >= 0.3 is 5.97 Å². The maximum absolute atomic E-state index is 13.0. The number of benzene rings is 3. The third kappa shape index (κ3) is 7.49. The van der Waals surface area contributed by atoms with Crippen LogP contribution in [0.4, 0.5) is 16.2 Å². The lowest BCUT2D eigenvalue weighted by atomic mass is 10.1. The van der Waals surface area contributed by atoms with Gasteiger partial charge in [-0.15, -0.1) is 0 Å². The Labute approximate surface area is 253 Å². The SMILES string of the molecule is Cc1ccc(NC(=O)COC(=O)c2ccc(/C=C3\SC(=O)N(CC(=O)N4CCN(c5ccccc5)CC4)C3=O)cc2)cc1. The maximum atomic E-state index is 13.0. The highest BCUT2D eigenvalue weighted by atomic mass is 32.2. The summed E-state index contributed by atoms with van der Waals surface area (Å²) < 4.78 is 5.11. The summed E-state index contributed by atoms with van der Waals surface area (Å²) in [6, 6.07) is 23.4. The summed E-state index contributed by atoms with van der Waals surface area (Å²) in [5, 5.41) is 2.16. The standard InChI is InChI=1S/C32H30N4O6S/c1-22-7-13-25(14-8-22)33-28(37)21-42-31(40)24-11-9-23(10-12-24)19-27-30(39)36(32(41)43-27)20-29(38)35-17-15-34(16-18-35)26-5-3-2-4-6-26/h2-14,19H,15-18,20-21H2,1H3,(H,33,37)/b27-19-. The van der Waals surface area contributed by atoms with Crippen molar-refractivity contribution in [3.63, 3.8) is 0 Å². The van der Waals surface area contributed by atoms with Crippen molar-refractivity contribution in [2.75, 3.05) is 49.5 Å². The molecule has 3 aromatic rings. The van der Waals surface area contributed by atoms with E-state index in [9.17, 15) is 24.0 Å². The molecule has 0 spiro atoms. The Morgan fingerprint density at radius 3 is 2.23 bits per heavy atom. The highest BCUT2D eigenvalue weighted by Crippen LogP contribution is 2.32. The van der Waals surface area contributed by atoms with E-state index in [1.807, 2.05) is 49.4 Å². The highest BCUT2D eigenvalue weighted by molar-refractivity contribution is 8.18. The molecule has 2 aliphatic heterocycles. The van der Waals surface area contributed by atoms with Gasteiger partial charge in [-0.25, -0.2) is 4.79 Å². The molecule has 0 unspecified atom stereocenters. The number of rotatable bonds is 8. The lowest BCUT2D eigenvalue weighted by Gasteiger charge is -2.36. The van der Waals surface area contributed by atoms with Crippen molar-refractivity contribution in [1.29, 1.82) is 0 Å². The first kappa shape index (κ1) is 29.6. The molecule has 0 radical (unpaired) electrons. The average Bonchev–Trinajstić information content (AvgIpc) is 3.29. The van der Waals surface area contributed by atoms with Gasteiger partial charge in [-0.3, -0.25) is 24.1 Å². The van der Waals surface area contributed by atoms with Crippen molar-refractivity contribution >= 4 is 58.1 Å². The predicted molar refractivity (Wildman–Crippen MR) is 164 cm³/mol. The fraction of sp³-hybridized carbons (Fsp3) is 0.219. The number of nitrogens with one attached hydrogen (secondary N) is 1. The van der Waals surface area contributed by atoms with Crippen LogP contribution < -0.4 is 10.2 Å². The Hall–Kier alpha value is -4.90. The molecule has 11 heteroatoms. The van der Waals surface area contributed by atoms with Crippen LogP contribution in [0, 0.1) is 6.92 Å². The molecule has 5 rings (SSSR count). The molecular formula is C32H30N4O6S. The van der Waals surface area contributed by atoms with Crippen molar-refractivity contribution < 1.29 is 28.7 Å². The van der Waals surface area contributed by atoms with Gasteiger partial charge in [0.2, 0.25) is 5.91 Å². The van der Waals surface area contributed by atoms with Gasteiger partial charge < -0.3 is 19.9 Å². The molecule has 2 aliphatic rings. The van der Waals surface area contributed by atoms with Gasteiger partial charge in [-0.1, -0.05) is 48.0 Å². The number of piperazine rings is 1. The number of nitrogens with zero attached hydrogens (tertiary/aromatic N) is 3. The van der Waals surface area contributed by atoms with Crippen LogP contribution >= 0.6 is 11.8 Å². The third-order valence-corrected chi connectivity index (χ3v) is 7.94. The number of imide groups is 1. The largest absolute Gasteiger partial charge is 0.452 e. The minimum atomic E-state index is -0.672. The molecule has 2 fully saturated rings. The maximum Gasteiger partial charge on any atom is 0.338 e. The van der Waals surface area contributed by atoms with Crippen LogP contribution in [0.5, 0.6) is 0 Å². The quantitative estimate of drug-likeness (QED) is 0.303. The van der Waals surface area contributed by atoms with Crippen LogP contribution in [0.25, 0.3) is 6.08 Å². The molecule has 0 atom stereocenters. The van der Waals surface area contributed by atoms with Gasteiger partial charge in [0.25, 0.3) is 17.1 Å². The summed E-state index contributed by atoms with van der Waals surface area (Å²) in [6.45, 7) is 3.53. The molecule has 220 valence electrons. The Bertz CT molecular complexity index is 1550. The van der Waals surface area contributed by atoms with Gasteiger partial charge in [0, 0.05) is 37.6 Å². The molecule has 2 heterocycles. The Morgan fingerprint density at radius 1 is 0.884 bits per heavy atom. The number of hydrogen-bond donors (Lipinski definition) is 1. The second-order valence-electron chi connectivity index (χ2n) is 10.1. The number of carbonyl (C=O) groups is 5. The summed E-state index contributed by atoms with van der Waals surface area (Å²) in [5.74, 6) is -1.94. The van der Waals surface area contributed by atoms with Crippen molar-refractivity contribution in [1.82, 2.24) is 9.80 Å². The first-order valence-corrected chi connectivity index (χ1v) is 14.6. The summed E-state index contributed by atoms with van der Waals surface area (Å²) in [7, 11) is 0. The topological polar surface area (TPSA) is 116 Å². The number of anilines is 2. The molecule has 2 saturated heterocycles. The minimum absolute atomic E-state index is 0.190. The molecule has 1 N–H and O–H groups in total. The molecule has 4 amide bonds. The number of esters is 1. The average molecular weight is 599 g/mol. The second kappa shape index (κ2) is 13.4. The highest BCUT2D eigenvalue weighted by Gasteiger charge is 2.37. The summed E-state index contributed by atoms with van der Waals surface area (Å²) in [4.78, 5) is 68.0. The van der Waals surface area contributed by atoms with Crippen molar-refractivity contribution in [2.24, 2.45) is 0 Å². The molecule has 3 aromatic carbocycles. The van der Waals surface area contributed by atoms with Crippen LogP contribution in [0.2, 0.25) is 0 Å². The predicted octanol–water partition coefficient (Wildman–Crippen LogP) is 4.18. The normalized spacial score (nSPS) is 16.0. The Balaban J connectivity index is 1.11. The summed E-state index contributed by atoms with van der Waals surface area (Å²) >= 11 is 0.770. The molecule has 0 aliphatic carbocycles. The van der Waals surface area contributed by atoms with Crippen LogP contribution in [0.15, 0.2) is 83.8 Å². The number of para-hydroxylation sites is 1. The zero-order chi connectivity index (χ0) is 30.3.